The van der Waals surface area contributed by atoms with Gasteiger partial charge >= 0.3 is 0 Å². The highest BCUT2D eigenvalue weighted by Gasteiger charge is 2.19. The standard InChI is InChI=1S/C10H14FN3/c1-8-2-6-14(7-3-8)10-9(11)12-4-5-13-10/h4-5,8H,2-3,6-7H2,1H3. The molecule has 1 saturated heterocycles. The summed E-state index contributed by atoms with van der Waals surface area (Å²) in [6.07, 6.45) is 5.13. The molecular weight excluding hydrogens is 181 g/mol. The summed E-state index contributed by atoms with van der Waals surface area (Å²) in [5.74, 6) is 0.687. The maximum Gasteiger partial charge on any atom is 0.255 e. The van der Waals surface area contributed by atoms with E-state index >= 15 is 0 Å². The van der Waals surface area contributed by atoms with Gasteiger partial charge in [0.2, 0.25) is 0 Å². The van der Waals surface area contributed by atoms with Crippen molar-refractivity contribution in [3.63, 3.8) is 0 Å². The predicted molar refractivity (Wildman–Crippen MR) is 52.6 cm³/mol. The lowest BCUT2D eigenvalue weighted by Gasteiger charge is -2.30. The smallest absolute Gasteiger partial charge is 0.255 e. The second kappa shape index (κ2) is 3.90. The van der Waals surface area contributed by atoms with Crippen LogP contribution in [0.1, 0.15) is 19.8 Å². The van der Waals surface area contributed by atoms with E-state index < -0.39 is 5.95 Å². The summed E-state index contributed by atoms with van der Waals surface area (Å²) in [4.78, 5) is 9.59. The van der Waals surface area contributed by atoms with E-state index in [0.717, 1.165) is 31.8 Å². The minimum atomic E-state index is -0.456. The third kappa shape index (κ3) is 1.84. The molecule has 2 rings (SSSR count). The first-order valence-electron chi connectivity index (χ1n) is 4.99. The molecule has 0 bridgehead atoms. The van der Waals surface area contributed by atoms with Crippen molar-refractivity contribution in [1.29, 1.82) is 0 Å². The van der Waals surface area contributed by atoms with E-state index in [-0.39, 0.29) is 0 Å². The molecule has 1 aliphatic heterocycles. The maximum absolute atomic E-state index is 13.3. The van der Waals surface area contributed by atoms with Crippen molar-refractivity contribution in [2.24, 2.45) is 5.92 Å². The number of piperidine rings is 1. The van der Waals surface area contributed by atoms with Gasteiger partial charge in [-0.05, 0) is 18.8 Å². The highest BCUT2D eigenvalue weighted by molar-refractivity contribution is 5.36. The quantitative estimate of drug-likeness (QED) is 0.684. The van der Waals surface area contributed by atoms with Crippen molar-refractivity contribution in [1.82, 2.24) is 9.97 Å². The fourth-order valence-electron chi connectivity index (χ4n) is 1.75. The van der Waals surface area contributed by atoms with Gasteiger partial charge in [-0.3, -0.25) is 0 Å². The van der Waals surface area contributed by atoms with Gasteiger partial charge in [-0.2, -0.15) is 4.39 Å². The molecule has 1 aromatic heterocycles. The van der Waals surface area contributed by atoms with E-state index in [1.807, 2.05) is 4.90 Å². The van der Waals surface area contributed by atoms with E-state index in [2.05, 4.69) is 16.9 Å². The molecule has 1 aromatic rings. The molecule has 4 heteroatoms. The van der Waals surface area contributed by atoms with Crippen LogP contribution in [0.3, 0.4) is 0 Å². The number of nitrogens with zero attached hydrogens (tertiary/aromatic N) is 3. The van der Waals surface area contributed by atoms with Gasteiger partial charge in [-0.1, -0.05) is 6.92 Å². The van der Waals surface area contributed by atoms with Crippen LogP contribution in [-0.4, -0.2) is 23.1 Å². The van der Waals surface area contributed by atoms with Crippen LogP contribution >= 0.6 is 0 Å². The van der Waals surface area contributed by atoms with E-state index in [1.165, 1.54) is 12.4 Å². The van der Waals surface area contributed by atoms with Gasteiger partial charge in [-0.15, -0.1) is 0 Å². The van der Waals surface area contributed by atoms with Crippen LogP contribution in [0.2, 0.25) is 0 Å². The molecule has 1 fully saturated rings. The number of hydrogen-bond donors (Lipinski definition) is 0. The molecule has 76 valence electrons. The summed E-state index contributed by atoms with van der Waals surface area (Å²) >= 11 is 0. The van der Waals surface area contributed by atoms with Gasteiger partial charge < -0.3 is 4.90 Å². The van der Waals surface area contributed by atoms with E-state index in [1.54, 1.807) is 0 Å². The first kappa shape index (κ1) is 9.37. The fourth-order valence-corrected chi connectivity index (χ4v) is 1.75. The average Bonchev–Trinajstić information content (AvgIpc) is 2.20. The summed E-state index contributed by atoms with van der Waals surface area (Å²) in [6, 6.07) is 0. The zero-order chi connectivity index (χ0) is 9.97. The monoisotopic (exact) mass is 195 g/mol. The Balaban J connectivity index is 2.12. The van der Waals surface area contributed by atoms with Gasteiger partial charge in [-0.25, -0.2) is 9.97 Å². The number of rotatable bonds is 1. The van der Waals surface area contributed by atoms with Gasteiger partial charge in [0, 0.05) is 25.5 Å². The van der Waals surface area contributed by atoms with Crippen LogP contribution in [0.5, 0.6) is 0 Å². The second-order valence-electron chi connectivity index (χ2n) is 3.84. The lowest BCUT2D eigenvalue weighted by molar-refractivity contribution is 0.430. The van der Waals surface area contributed by atoms with Crippen LogP contribution in [0.15, 0.2) is 12.4 Å². The molecular formula is C10H14FN3. The third-order valence-corrected chi connectivity index (χ3v) is 2.72. The lowest BCUT2D eigenvalue weighted by atomic mass is 9.99. The third-order valence-electron chi connectivity index (χ3n) is 2.72. The molecule has 0 amide bonds. The van der Waals surface area contributed by atoms with Crippen molar-refractivity contribution >= 4 is 5.82 Å². The molecule has 0 aliphatic carbocycles. The van der Waals surface area contributed by atoms with E-state index in [0.29, 0.717) is 5.82 Å². The van der Waals surface area contributed by atoms with Crippen molar-refractivity contribution in [3.8, 4) is 0 Å². The normalized spacial score (nSPS) is 18.6. The van der Waals surface area contributed by atoms with Crippen molar-refractivity contribution in [2.45, 2.75) is 19.8 Å². The molecule has 14 heavy (non-hydrogen) atoms. The topological polar surface area (TPSA) is 29.0 Å². The molecule has 0 unspecified atom stereocenters. The summed E-state index contributed by atoms with van der Waals surface area (Å²) in [5.41, 5.74) is 0. The van der Waals surface area contributed by atoms with Gasteiger partial charge in [0.25, 0.3) is 5.95 Å². The highest BCUT2D eigenvalue weighted by Crippen LogP contribution is 2.21. The van der Waals surface area contributed by atoms with Gasteiger partial charge in [0.1, 0.15) is 0 Å². The Morgan fingerprint density at radius 2 is 1.93 bits per heavy atom. The Labute approximate surface area is 83.0 Å². The van der Waals surface area contributed by atoms with Crippen molar-refractivity contribution in [3.05, 3.63) is 18.3 Å². The lowest BCUT2D eigenvalue weighted by Crippen LogP contribution is -2.34. The molecule has 0 aromatic carbocycles. The van der Waals surface area contributed by atoms with Crippen molar-refractivity contribution < 1.29 is 4.39 Å². The Morgan fingerprint density at radius 3 is 2.57 bits per heavy atom. The Bertz CT molecular complexity index is 308. The van der Waals surface area contributed by atoms with Crippen LogP contribution in [0.25, 0.3) is 0 Å². The van der Waals surface area contributed by atoms with Crippen LogP contribution in [-0.2, 0) is 0 Å². The summed E-state index contributed by atoms with van der Waals surface area (Å²) < 4.78 is 13.3. The second-order valence-corrected chi connectivity index (χ2v) is 3.84. The number of hydrogen-bond acceptors (Lipinski definition) is 3. The van der Waals surface area contributed by atoms with Gasteiger partial charge in [0.05, 0.1) is 0 Å². The summed E-state index contributed by atoms with van der Waals surface area (Å²) in [5, 5.41) is 0. The van der Waals surface area contributed by atoms with Gasteiger partial charge in [0.15, 0.2) is 5.82 Å². The molecule has 2 heterocycles. The molecule has 0 spiro atoms. The SMILES string of the molecule is CC1CCN(c2nccnc2F)CC1. The zero-order valence-corrected chi connectivity index (χ0v) is 8.28. The van der Waals surface area contributed by atoms with Crippen molar-refractivity contribution in [2.75, 3.05) is 18.0 Å². The summed E-state index contributed by atoms with van der Waals surface area (Å²) in [7, 11) is 0. The number of aromatic nitrogens is 2. The average molecular weight is 195 g/mol. The largest absolute Gasteiger partial charge is 0.353 e. The van der Waals surface area contributed by atoms with E-state index in [4.69, 9.17) is 0 Å². The number of anilines is 1. The van der Waals surface area contributed by atoms with E-state index in [9.17, 15) is 4.39 Å². The molecule has 1 aliphatic rings. The maximum atomic E-state index is 13.3. The zero-order valence-electron chi connectivity index (χ0n) is 8.28. The Morgan fingerprint density at radius 1 is 1.29 bits per heavy atom. The van der Waals surface area contributed by atoms with Crippen LogP contribution < -0.4 is 4.90 Å². The Kier molecular flexibility index (Phi) is 2.61. The minimum Gasteiger partial charge on any atom is -0.353 e. The molecule has 0 atom stereocenters. The first-order chi connectivity index (χ1) is 6.77. The number of halogens is 1. The minimum absolute atomic E-state index is 0.402. The Hall–Kier alpha value is -1.19. The fraction of sp³-hybridized carbons (Fsp3) is 0.600. The van der Waals surface area contributed by atoms with Crippen LogP contribution in [0.4, 0.5) is 10.2 Å². The molecule has 3 nitrogen and oxygen atoms in total. The summed E-state index contributed by atoms with van der Waals surface area (Å²) in [6.45, 7) is 4.00. The molecule has 0 N–H and O–H groups in total. The first-order valence-corrected chi connectivity index (χ1v) is 4.99. The highest BCUT2D eigenvalue weighted by atomic mass is 19.1. The molecule has 0 saturated carbocycles. The predicted octanol–water partition coefficient (Wildman–Crippen LogP) is 1.85. The van der Waals surface area contributed by atoms with Crippen LogP contribution in [0, 0.1) is 11.9 Å². The molecule has 0 radical (unpaired) electrons.